The van der Waals surface area contributed by atoms with E-state index >= 15 is 0 Å². The van der Waals surface area contributed by atoms with Crippen molar-refractivity contribution in [2.75, 3.05) is 20.3 Å². The Kier molecular flexibility index (Phi) is 8.89. The van der Waals surface area contributed by atoms with Crippen molar-refractivity contribution in [1.82, 2.24) is 4.98 Å². The number of nitrogens with zero attached hydrogens (tertiary/aromatic N) is 2. The predicted molar refractivity (Wildman–Crippen MR) is 137 cm³/mol. The molecule has 184 valence electrons. The number of halogens is 1. The topological polar surface area (TPSA) is 70.0 Å². The van der Waals surface area contributed by atoms with E-state index in [4.69, 9.17) is 9.26 Å². The number of hydrogen-bond donors (Lipinski definition) is 0. The number of pyridine rings is 1. The monoisotopic (exact) mass is 494 g/mol. The van der Waals surface area contributed by atoms with Crippen LogP contribution in [0.1, 0.15) is 36.7 Å². The SMILES string of the molecule is COC(=O)c1c(F)cncc1C/C=N/OCCO[Si](c1ccccc1)(c1ccccc1)C(C)(C)C. The van der Waals surface area contributed by atoms with Crippen molar-refractivity contribution in [3.8, 4) is 0 Å². The van der Waals surface area contributed by atoms with Crippen LogP contribution in [0.15, 0.2) is 78.2 Å². The molecular weight excluding hydrogens is 463 g/mol. The summed E-state index contributed by atoms with van der Waals surface area (Å²) in [5, 5.41) is 6.21. The van der Waals surface area contributed by atoms with Crippen LogP contribution in [0.2, 0.25) is 5.04 Å². The summed E-state index contributed by atoms with van der Waals surface area (Å²) in [5.74, 6) is -1.49. The van der Waals surface area contributed by atoms with Crippen LogP contribution in [-0.4, -0.2) is 45.8 Å². The highest BCUT2D eigenvalue weighted by Gasteiger charge is 2.50. The summed E-state index contributed by atoms with van der Waals surface area (Å²) in [6.45, 7) is 7.23. The molecule has 6 nitrogen and oxygen atoms in total. The average molecular weight is 495 g/mol. The third-order valence-electron chi connectivity index (χ3n) is 5.74. The second-order valence-electron chi connectivity index (χ2n) is 8.98. The third kappa shape index (κ3) is 6.01. The van der Waals surface area contributed by atoms with Crippen molar-refractivity contribution < 1.29 is 23.2 Å². The molecule has 35 heavy (non-hydrogen) atoms. The van der Waals surface area contributed by atoms with Gasteiger partial charge in [-0.25, -0.2) is 9.18 Å². The van der Waals surface area contributed by atoms with Gasteiger partial charge in [-0.3, -0.25) is 4.98 Å². The lowest BCUT2D eigenvalue weighted by molar-refractivity contribution is 0.0594. The van der Waals surface area contributed by atoms with Gasteiger partial charge in [-0.15, -0.1) is 0 Å². The van der Waals surface area contributed by atoms with Crippen LogP contribution in [-0.2, 0) is 20.4 Å². The first-order chi connectivity index (χ1) is 16.8. The minimum atomic E-state index is -2.63. The number of oxime groups is 1. The second kappa shape index (κ2) is 11.9. The van der Waals surface area contributed by atoms with Crippen molar-refractivity contribution in [3.05, 3.63) is 90.0 Å². The fraction of sp³-hybridized carbons (Fsp3) is 0.296. The molecule has 0 amide bonds. The summed E-state index contributed by atoms with van der Waals surface area (Å²) in [6, 6.07) is 20.7. The lowest BCUT2D eigenvalue weighted by Gasteiger charge is -2.42. The molecule has 0 atom stereocenters. The van der Waals surface area contributed by atoms with Gasteiger partial charge in [-0.2, -0.15) is 0 Å². The Hall–Kier alpha value is -3.36. The summed E-state index contributed by atoms with van der Waals surface area (Å²) in [7, 11) is -1.43. The van der Waals surface area contributed by atoms with Gasteiger partial charge >= 0.3 is 5.97 Å². The summed E-state index contributed by atoms with van der Waals surface area (Å²) in [5.41, 5.74) is 0.219. The number of methoxy groups -OCH3 is 1. The molecule has 0 unspecified atom stereocenters. The van der Waals surface area contributed by atoms with Crippen LogP contribution in [0.25, 0.3) is 0 Å². The molecule has 3 aromatic rings. The molecule has 0 fully saturated rings. The Balaban J connectivity index is 1.69. The molecule has 0 aliphatic rings. The molecular formula is C27H31FN2O4Si. The van der Waals surface area contributed by atoms with Crippen LogP contribution >= 0.6 is 0 Å². The fourth-order valence-corrected chi connectivity index (χ4v) is 8.74. The quantitative estimate of drug-likeness (QED) is 0.139. The number of carbonyl (C=O) groups excluding carboxylic acids is 1. The zero-order valence-corrected chi connectivity index (χ0v) is 21.5. The van der Waals surface area contributed by atoms with Crippen molar-refractivity contribution in [3.63, 3.8) is 0 Å². The molecule has 0 saturated heterocycles. The zero-order chi connectivity index (χ0) is 25.3. The van der Waals surface area contributed by atoms with E-state index in [1.54, 1.807) is 0 Å². The maximum Gasteiger partial charge on any atom is 0.341 e. The van der Waals surface area contributed by atoms with E-state index in [-0.39, 0.29) is 23.6 Å². The van der Waals surface area contributed by atoms with E-state index in [1.807, 2.05) is 36.4 Å². The molecule has 0 spiro atoms. The summed E-state index contributed by atoms with van der Waals surface area (Å²) < 4.78 is 25.4. The van der Waals surface area contributed by atoms with Crippen molar-refractivity contribution in [1.29, 1.82) is 0 Å². The molecule has 1 heterocycles. The van der Waals surface area contributed by atoms with Gasteiger partial charge in [0.2, 0.25) is 0 Å². The maximum absolute atomic E-state index is 14.0. The van der Waals surface area contributed by atoms with Gasteiger partial charge in [0.05, 0.1) is 19.9 Å². The highest BCUT2D eigenvalue weighted by molar-refractivity contribution is 6.99. The Labute approximate surface area is 206 Å². The molecule has 0 radical (unpaired) electrons. The van der Waals surface area contributed by atoms with Gasteiger partial charge in [-0.1, -0.05) is 86.6 Å². The lowest BCUT2D eigenvalue weighted by Crippen LogP contribution is -2.66. The Morgan fingerprint density at radius 3 is 2.14 bits per heavy atom. The molecule has 8 heteroatoms. The molecule has 0 saturated carbocycles. The van der Waals surface area contributed by atoms with E-state index in [1.165, 1.54) is 29.9 Å². The van der Waals surface area contributed by atoms with Gasteiger partial charge in [-0.05, 0) is 21.0 Å². The van der Waals surface area contributed by atoms with Crippen LogP contribution in [0, 0.1) is 5.82 Å². The largest absolute Gasteiger partial charge is 0.465 e. The molecule has 0 bridgehead atoms. The minimum absolute atomic E-state index is 0.131. The van der Waals surface area contributed by atoms with Crippen LogP contribution in [0.5, 0.6) is 0 Å². The minimum Gasteiger partial charge on any atom is -0.465 e. The van der Waals surface area contributed by atoms with Gasteiger partial charge < -0.3 is 14.0 Å². The average Bonchev–Trinajstić information content (AvgIpc) is 2.85. The fourth-order valence-electron chi connectivity index (χ4n) is 4.20. The molecule has 0 aliphatic heterocycles. The predicted octanol–water partition coefficient (Wildman–Crippen LogP) is 4.13. The van der Waals surface area contributed by atoms with E-state index in [9.17, 15) is 9.18 Å². The third-order valence-corrected chi connectivity index (χ3v) is 10.8. The van der Waals surface area contributed by atoms with Gasteiger partial charge in [0.1, 0.15) is 12.2 Å². The summed E-state index contributed by atoms with van der Waals surface area (Å²) >= 11 is 0. The molecule has 2 aromatic carbocycles. The highest BCUT2D eigenvalue weighted by atomic mass is 28.4. The standard InChI is InChI=1S/C27H31FN2O4Si/c1-27(2,3)35(22-11-7-5-8-12-22,23-13-9-6-10-14-23)34-18-17-33-30-16-15-21-19-29-20-24(28)25(21)26(31)32-4/h5-14,16,19-20H,15,17-18H2,1-4H3/b30-16+. The molecule has 0 aliphatic carbocycles. The van der Waals surface area contributed by atoms with Crippen molar-refractivity contribution in [2.45, 2.75) is 32.2 Å². The van der Waals surface area contributed by atoms with Gasteiger partial charge in [0.25, 0.3) is 8.32 Å². The number of rotatable bonds is 10. The van der Waals surface area contributed by atoms with Crippen molar-refractivity contribution >= 4 is 30.9 Å². The number of hydrogen-bond acceptors (Lipinski definition) is 6. The Bertz CT molecular complexity index is 1100. The number of ether oxygens (including phenoxy) is 1. The van der Waals surface area contributed by atoms with E-state index in [0.29, 0.717) is 12.2 Å². The van der Waals surface area contributed by atoms with E-state index < -0.39 is 20.1 Å². The number of carbonyl (C=O) groups is 1. The molecule has 1 aromatic heterocycles. The number of aromatic nitrogens is 1. The van der Waals surface area contributed by atoms with Gasteiger partial charge in [0, 0.05) is 18.8 Å². The Morgan fingerprint density at radius 2 is 1.60 bits per heavy atom. The smallest absolute Gasteiger partial charge is 0.341 e. The van der Waals surface area contributed by atoms with Crippen LogP contribution < -0.4 is 10.4 Å². The van der Waals surface area contributed by atoms with Crippen LogP contribution in [0.4, 0.5) is 4.39 Å². The molecule has 3 rings (SSSR count). The van der Waals surface area contributed by atoms with E-state index in [2.05, 4.69) is 59.9 Å². The first-order valence-corrected chi connectivity index (χ1v) is 13.3. The highest BCUT2D eigenvalue weighted by Crippen LogP contribution is 2.36. The van der Waals surface area contributed by atoms with E-state index in [0.717, 1.165) is 6.20 Å². The van der Waals surface area contributed by atoms with Crippen LogP contribution in [0.3, 0.4) is 0 Å². The first-order valence-electron chi connectivity index (χ1n) is 11.4. The molecule has 0 N–H and O–H groups in total. The zero-order valence-electron chi connectivity index (χ0n) is 20.5. The summed E-state index contributed by atoms with van der Waals surface area (Å²) in [4.78, 5) is 21.1. The van der Waals surface area contributed by atoms with Crippen molar-refractivity contribution in [2.24, 2.45) is 5.16 Å². The first kappa shape index (κ1) is 26.2. The maximum atomic E-state index is 14.0. The lowest BCUT2D eigenvalue weighted by atomic mass is 10.1. The number of esters is 1. The Morgan fingerprint density at radius 1 is 1.00 bits per heavy atom. The second-order valence-corrected chi connectivity index (χ2v) is 13.3. The van der Waals surface area contributed by atoms with Gasteiger partial charge in [0.15, 0.2) is 5.82 Å². The normalized spacial score (nSPS) is 12.0. The summed E-state index contributed by atoms with van der Waals surface area (Å²) in [6.07, 6.45) is 4.02. The number of benzene rings is 2.